The zero-order valence-electron chi connectivity index (χ0n) is 16.8. The van der Waals surface area contributed by atoms with Gasteiger partial charge in [-0.2, -0.15) is 0 Å². The molecule has 1 heterocycles. The number of carbonyl (C=O) groups is 1. The molecule has 1 aromatic heterocycles. The van der Waals surface area contributed by atoms with Crippen molar-refractivity contribution in [1.82, 2.24) is 9.62 Å². The average Bonchev–Trinajstić information content (AvgIpc) is 3.33. The molecule has 152 valence electrons. The lowest BCUT2D eigenvalue weighted by atomic mass is 10.1. The third kappa shape index (κ3) is 5.02. The van der Waals surface area contributed by atoms with E-state index in [-0.39, 0.29) is 22.8 Å². The lowest BCUT2D eigenvalue weighted by Crippen LogP contribution is -2.40. The van der Waals surface area contributed by atoms with Gasteiger partial charge in [-0.3, -0.25) is 4.79 Å². The van der Waals surface area contributed by atoms with E-state index in [1.54, 1.807) is 25.7 Å². The number of carbonyl (C=O) groups excluding carboxylic acids is 1. The highest BCUT2D eigenvalue weighted by molar-refractivity contribution is 7.89. The summed E-state index contributed by atoms with van der Waals surface area (Å²) < 4.78 is 33.0. The van der Waals surface area contributed by atoms with E-state index in [9.17, 15) is 13.2 Å². The zero-order valence-corrected chi connectivity index (χ0v) is 17.6. The first-order chi connectivity index (χ1) is 13.1. The second-order valence-corrected chi connectivity index (χ2v) is 10.1. The number of benzene rings is 1. The Morgan fingerprint density at radius 2 is 1.82 bits per heavy atom. The summed E-state index contributed by atoms with van der Waals surface area (Å²) >= 11 is 0. The fourth-order valence-corrected chi connectivity index (χ4v) is 4.54. The monoisotopic (exact) mass is 404 g/mol. The van der Waals surface area contributed by atoms with E-state index >= 15 is 0 Å². The van der Waals surface area contributed by atoms with Crippen LogP contribution in [0.1, 0.15) is 56.7 Å². The van der Waals surface area contributed by atoms with Gasteiger partial charge in [0.2, 0.25) is 5.09 Å². The Morgan fingerprint density at radius 3 is 2.39 bits per heavy atom. The summed E-state index contributed by atoms with van der Waals surface area (Å²) in [6.45, 7) is 7.75. The van der Waals surface area contributed by atoms with Crippen molar-refractivity contribution >= 4 is 15.9 Å². The predicted octanol–water partition coefficient (Wildman–Crippen LogP) is 3.80. The van der Waals surface area contributed by atoms with Gasteiger partial charge in [0.1, 0.15) is 0 Å². The number of hydrogen-bond acceptors (Lipinski definition) is 4. The molecule has 1 N–H and O–H groups in total. The van der Waals surface area contributed by atoms with E-state index in [4.69, 9.17) is 4.42 Å². The van der Waals surface area contributed by atoms with Crippen molar-refractivity contribution in [2.75, 3.05) is 0 Å². The van der Waals surface area contributed by atoms with E-state index in [1.807, 2.05) is 37.3 Å². The van der Waals surface area contributed by atoms with Crippen molar-refractivity contribution in [2.45, 2.75) is 63.8 Å². The molecule has 0 bridgehead atoms. The summed E-state index contributed by atoms with van der Waals surface area (Å²) in [5.74, 6) is 0.228. The summed E-state index contributed by atoms with van der Waals surface area (Å²) in [5.41, 5.74) is 0.382. The number of furan rings is 1. The second-order valence-electron chi connectivity index (χ2n) is 8.47. The highest BCUT2D eigenvalue weighted by Crippen LogP contribution is 2.36. The van der Waals surface area contributed by atoms with Crippen LogP contribution in [0.15, 0.2) is 52.0 Å². The van der Waals surface area contributed by atoms with Gasteiger partial charge in [-0.25, -0.2) is 13.1 Å². The first-order valence-corrected chi connectivity index (χ1v) is 11.0. The minimum Gasteiger partial charge on any atom is -0.438 e. The summed E-state index contributed by atoms with van der Waals surface area (Å²) in [5, 5.41) is -0.246. The van der Waals surface area contributed by atoms with Crippen LogP contribution in [0.4, 0.5) is 0 Å². The molecule has 0 spiro atoms. The summed E-state index contributed by atoms with van der Waals surface area (Å²) in [7, 11) is -3.83. The van der Waals surface area contributed by atoms with Gasteiger partial charge in [0.25, 0.3) is 15.9 Å². The molecule has 0 saturated heterocycles. The Labute approximate surface area is 167 Å². The quantitative estimate of drug-likeness (QED) is 0.761. The molecule has 1 fully saturated rings. The van der Waals surface area contributed by atoms with Crippen molar-refractivity contribution in [2.24, 2.45) is 5.92 Å². The van der Waals surface area contributed by atoms with E-state index in [2.05, 4.69) is 4.72 Å². The summed E-state index contributed by atoms with van der Waals surface area (Å²) in [4.78, 5) is 14.9. The molecule has 0 radical (unpaired) electrons. The van der Waals surface area contributed by atoms with Crippen LogP contribution >= 0.6 is 0 Å². The van der Waals surface area contributed by atoms with E-state index in [0.717, 1.165) is 18.4 Å². The number of rotatable bonds is 7. The van der Waals surface area contributed by atoms with Crippen LogP contribution in [-0.4, -0.2) is 30.8 Å². The lowest BCUT2D eigenvalue weighted by molar-refractivity contribution is 0.0615. The fraction of sp³-hybridized carbons (Fsp3) is 0.476. The highest BCUT2D eigenvalue weighted by Gasteiger charge is 2.36. The van der Waals surface area contributed by atoms with Crippen molar-refractivity contribution < 1.29 is 17.6 Å². The Kier molecular flexibility index (Phi) is 5.68. The lowest BCUT2D eigenvalue weighted by Gasteiger charge is -2.29. The first kappa shape index (κ1) is 20.6. The largest absolute Gasteiger partial charge is 0.438 e. The molecule has 1 unspecified atom stereocenters. The molecule has 1 saturated carbocycles. The molecule has 1 aliphatic carbocycles. The SMILES string of the molecule is CC(C1CC1)N(Cc1ccccc1)C(=O)c1ccc(S(=O)(=O)NC(C)(C)C)o1. The Balaban J connectivity index is 1.84. The Hall–Kier alpha value is -2.12. The maximum atomic E-state index is 13.2. The molecule has 1 aromatic carbocycles. The maximum Gasteiger partial charge on any atom is 0.290 e. The summed E-state index contributed by atoms with van der Waals surface area (Å²) in [6.07, 6.45) is 2.21. The molecule has 1 atom stereocenters. The molecular weight excluding hydrogens is 376 g/mol. The van der Waals surface area contributed by atoms with Gasteiger partial charge in [-0.15, -0.1) is 0 Å². The van der Waals surface area contributed by atoms with Gasteiger partial charge < -0.3 is 9.32 Å². The van der Waals surface area contributed by atoms with Gasteiger partial charge >= 0.3 is 0 Å². The molecule has 1 amide bonds. The topological polar surface area (TPSA) is 79.6 Å². The van der Waals surface area contributed by atoms with Gasteiger partial charge in [-0.1, -0.05) is 30.3 Å². The van der Waals surface area contributed by atoms with Gasteiger partial charge in [0.05, 0.1) is 0 Å². The fourth-order valence-electron chi connectivity index (χ4n) is 3.19. The third-order valence-corrected chi connectivity index (χ3v) is 6.38. The van der Waals surface area contributed by atoms with Gasteiger partial charge in [-0.05, 0) is 64.2 Å². The summed E-state index contributed by atoms with van der Waals surface area (Å²) in [6, 6.07) is 12.6. The predicted molar refractivity (Wildman–Crippen MR) is 107 cm³/mol. The van der Waals surface area contributed by atoms with E-state index in [1.165, 1.54) is 12.1 Å². The van der Waals surface area contributed by atoms with Crippen LogP contribution < -0.4 is 4.72 Å². The van der Waals surface area contributed by atoms with Crippen LogP contribution in [0.2, 0.25) is 0 Å². The number of amides is 1. The molecular formula is C21H28N2O4S. The molecule has 3 rings (SSSR count). The zero-order chi connectivity index (χ0) is 20.5. The minimum absolute atomic E-state index is 0.0396. The smallest absolute Gasteiger partial charge is 0.290 e. The Bertz CT molecular complexity index is 925. The molecule has 0 aliphatic heterocycles. The first-order valence-electron chi connectivity index (χ1n) is 9.55. The van der Waals surface area contributed by atoms with Gasteiger partial charge in [0.15, 0.2) is 5.76 Å². The van der Waals surface area contributed by atoms with Crippen molar-refractivity contribution in [1.29, 1.82) is 0 Å². The average molecular weight is 405 g/mol. The minimum atomic E-state index is -3.83. The number of nitrogens with one attached hydrogen (secondary N) is 1. The van der Waals surface area contributed by atoms with Crippen molar-refractivity contribution in [3.05, 3.63) is 53.8 Å². The van der Waals surface area contributed by atoms with Gasteiger partial charge in [0, 0.05) is 18.1 Å². The number of sulfonamides is 1. The molecule has 28 heavy (non-hydrogen) atoms. The Morgan fingerprint density at radius 1 is 1.18 bits per heavy atom. The molecule has 7 heteroatoms. The molecule has 6 nitrogen and oxygen atoms in total. The molecule has 2 aromatic rings. The van der Waals surface area contributed by atoms with Crippen LogP contribution in [0.25, 0.3) is 0 Å². The van der Waals surface area contributed by atoms with Crippen molar-refractivity contribution in [3.63, 3.8) is 0 Å². The molecule has 1 aliphatic rings. The van der Waals surface area contributed by atoms with Crippen LogP contribution in [0.3, 0.4) is 0 Å². The second kappa shape index (κ2) is 7.72. The van der Waals surface area contributed by atoms with Crippen LogP contribution in [0, 0.1) is 5.92 Å². The van der Waals surface area contributed by atoms with Crippen LogP contribution in [0.5, 0.6) is 0 Å². The number of hydrogen-bond donors (Lipinski definition) is 1. The highest BCUT2D eigenvalue weighted by atomic mass is 32.2. The van der Waals surface area contributed by atoms with E-state index in [0.29, 0.717) is 12.5 Å². The third-order valence-electron chi connectivity index (χ3n) is 4.75. The van der Waals surface area contributed by atoms with Crippen LogP contribution in [-0.2, 0) is 16.6 Å². The normalized spacial score (nSPS) is 16.0. The van der Waals surface area contributed by atoms with Crippen molar-refractivity contribution in [3.8, 4) is 0 Å². The standard InChI is InChI=1S/C21H28N2O4S/c1-15(17-10-11-17)23(14-16-8-6-5-7-9-16)20(24)18-12-13-19(27-18)28(25,26)22-21(2,3)4/h5-9,12-13,15,17,22H,10-11,14H2,1-4H3. The maximum absolute atomic E-state index is 13.2. The number of nitrogens with zero attached hydrogens (tertiary/aromatic N) is 1. The van der Waals surface area contributed by atoms with E-state index < -0.39 is 15.6 Å².